The van der Waals surface area contributed by atoms with Gasteiger partial charge in [-0.25, -0.2) is 9.97 Å². The first-order valence-corrected chi connectivity index (χ1v) is 7.48. The molecule has 0 saturated heterocycles. The number of ether oxygens (including phenoxy) is 2. The molecular weight excluding hydrogens is 316 g/mol. The molecule has 2 aromatic rings. The van der Waals surface area contributed by atoms with Gasteiger partial charge in [-0.1, -0.05) is 24.6 Å². The minimum Gasteiger partial charge on any atom is -0.493 e. The van der Waals surface area contributed by atoms with Crippen LogP contribution < -0.4 is 14.8 Å². The fourth-order valence-corrected chi connectivity index (χ4v) is 2.08. The summed E-state index contributed by atoms with van der Waals surface area (Å²) in [4.78, 5) is 7.91. The molecule has 6 nitrogen and oxygen atoms in total. The van der Waals surface area contributed by atoms with Gasteiger partial charge in [-0.15, -0.1) is 0 Å². The van der Waals surface area contributed by atoms with Crippen molar-refractivity contribution in [3.8, 4) is 17.6 Å². The third-order valence-corrected chi connectivity index (χ3v) is 3.42. The quantitative estimate of drug-likeness (QED) is 0.836. The summed E-state index contributed by atoms with van der Waals surface area (Å²) in [6.07, 6.45) is 3.04. The Morgan fingerprint density at radius 2 is 2.22 bits per heavy atom. The summed E-state index contributed by atoms with van der Waals surface area (Å²) in [6, 6.07) is 7.65. The van der Waals surface area contributed by atoms with Crippen LogP contribution in [-0.2, 0) is 6.54 Å². The molecule has 0 radical (unpaired) electrons. The minimum absolute atomic E-state index is 0.452. The van der Waals surface area contributed by atoms with E-state index in [-0.39, 0.29) is 0 Å². The first kappa shape index (κ1) is 16.8. The van der Waals surface area contributed by atoms with Gasteiger partial charge in [0.25, 0.3) is 0 Å². The molecule has 0 aliphatic heterocycles. The lowest BCUT2D eigenvalue weighted by Gasteiger charge is -2.15. The highest BCUT2D eigenvalue weighted by atomic mass is 35.5. The van der Waals surface area contributed by atoms with Crippen LogP contribution in [-0.4, -0.2) is 23.2 Å². The van der Waals surface area contributed by atoms with Crippen LogP contribution in [0, 0.1) is 11.3 Å². The van der Waals surface area contributed by atoms with E-state index < -0.39 is 6.10 Å². The first-order chi connectivity index (χ1) is 11.2. The fraction of sp³-hybridized carbons (Fsp3) is 0.312. The number of methoxy groups -OCH3 is 1. The highest BCUT2D eigenvalue weighted by Crippen LogP contribution is 2.30. The maximum atomic E-state index is 9.05. The van der Waals surface area contributed by atoms with Crippen LogP contribution >= 0.6 is 11.6 Å². The maximum absolute atomic E-state index is 9.05. The van der Waals surface area contributed by atoms with Gasteiger partial charge in [0.15, 0.2) is 17.6 Å². The highest BCUT2D eigenvalue weighted by molar-refractivity contribution is 6.32. The van der Waals surface area contributed by atoms with E-state index in [1.54, 1.807) is 13.2 Å². The van der Waals surface area contributed by atoms with Crippen molar-refractivity contribution in [2.45, 2.75) is 26.0 Å². The zero-order valence-electron chi connectivity index (χ0n) is 12.9. The van der Waals surface area contributed by atoms with Crippen LogP contribution in [0.4, 0.5) is 5.82 Å². The molecule has 120 valence electrons. The van der Waals surface area contributed by atoms with E-state index in [1.165, 1.54) is 12.5 Å². The molecule has 0 saturated carbocycles. The Hall–Kier alpha value is -2.52. The molecule has 0 amide bonds. The van der Waals surface area contributed by atoms with E-state index in [4.69, 9.17) is 26.3 Å². The third-order valence-electron chi connectivity index (χ3n) is 3.14. The van der Waals surface area contributed by atoms with Crippen LogP contribution in [0.25, 0.3) is 0 Å². The highest BCUT2D eigenvalue weighted by Gasteiger charge is 2.12. The van der Waals surface area contributed by atoms with Crippen LogP contribution in [0.15, 0.2) is 30.7 Å². The number of benzene rings is 1. The molecule has 0 fully saturated rings. The largest absolute Gasteiger partial charge is 0.493 e. The molecule has 0 bridgehead atoms. The van der Waals surface area contributed by atoms with E-state index >= 15 is 0 Å². The van der Waals surface area contributed by atoms with Crippen molar-refractivity contribution in [2.24, 2.45) is 0 Å². The lowest BCUT2D eigenvalue weighted by molar-refractivity contribution is 0.238. The van der Waals surface area contributed by atoms with Gasteiger partial charge >= 0.3 is 0 Å². The Labute approximate surface area is 140 Å². The molecule has 23 heavy (non-hydrogen) atoms. The summed E-state index contributed by atoms with van der Waals surface area (Å²) >= 11 is 6.01. The van der Waals surface area contributed by atoms with Gasteiger partial charge in [-0.3, -0.25) is 0 Å². The summed E-state index contributed by atoms with van der Waals surface area (Å²) in [7, 11) is 1.56. The number of nitrogens with zero attached hydrogens (tertiary/aromatic N) is 3. The topological polar surface area (TPSA) is 80.1 Å². The van der Waals surface area contributed by atoms with Crippen molar-refractivity contribution in [2.75, 3.05) is 12.4 Å². The van der Waals surface area contributed by atoms with Crippen molar-refractivity contribution in [1.29, 1.82) is 5.26 Å². The molecule has 1 unspecified atom stereocenters. The first-order valence-electron chi connectivity index (χ1n) is 7.10. The minimum atomic E-state index is -0.511. The Kier molecular flexibility index (Phi) is 6.01. The van der Waals surface area contributed by atoms with Gasteiger partial charge in [0.2, 0.25) is 0 Å². The summed E-state index contributed by atoms with van der Waals surface area (Å²) in [5, 5.41) is 12.6. The second-order valence-electron chi connectivity index (χ2n) is 4.70. The predicted molar refractivity (Wildman–Crippen MR) is 87.7 cm³/mol. The van der Waals surface area contributed by atoms with Crippen molar-refractivity contribution in [3.63, 3.8) is 0 Å². The van der Waals surface area contributed by atoms with Crippen molar-refractivity contribution >= 4 is 17.4 Å². The monoisotopic (exact) mass is 332 g/mol. The zero-order valence-corrected chi connectivity index (χ0v) is 13.7. The number of rotatable bonds is 7. The molecule has 2 rings (SSSR count). The molecular formula is C16H17ClN4O2. The number of nitriles is 1. The van der Waals surface area contributed by atoms with E-state index in [2.05, 4.69) is 21.4 Å². The molecule has 7 heteroatoms. The van der Waals surface area contributed by atoms with Gasteiger partial charge < -0.3 is 14.8 Å². The van der Waals surface area contributed by atoms with Gasteiger partial charge in [0, 0.05) is 6.54 Å². The fourth-order valence-electron chi connectivity index (χ4n) is 1.91. The Bertz CT molecular complexity index is 703. The number of hydrogen-bond acceptors (Lipinski definition) is 6. The lowest BCUT2D eigenvalue weighted by Crippen LogP contribution is -2.13. The van der Waals surface area contributed by atoms with Gasteiger partial charge in [-0.05, 0) is 24.1 Å². The van der Waals surface area contributed by atoms with Crippen LogP contribution in [0.1, 0.15) is 18.9 Å². The third kappa shape index (κ3) is 4.47. The molecule has 1 atom stereocenters. The summed E-state index contributed by atoms with van der Waals surface area (Å²) in [5.74, 6) is 1.68. The summed E-state index contributed by atoms with van der Waals surface area (Å²) in [6.45, 7) is 2.39. The average molecular weight is 333 g/mol. The molecule has 0 aliphatic carbocycles. The maximum Gasteiger partial charge on any atom is 0.184 e. The van der Waals surface area contributed by atoms with Crippen LogP contribution in [0.5, 0.6) is 11.5 Å². The van der Waals surface area contributed by atoms with E-state index in [0.717, 1.165) is 5.56 Å². The van der Waals surface area contributed by atoms with Crippen molar-refractivity contribution in [1.82, 2.24) is 9.97 Å². The normalized spacial score (nSPS) is 11.4. The van der Waals surface area contributed by atoms with Crippen molar-refractivity contribution < 1.29 is 9.47 Å². The SMILES string of the molecule is CCC(C#N)Oc1cc(CNc2ncncc2Cl)ccc1OC. The second kappa shape index (κ2) is 8.20. The van der Waals surface area contributed by atoms with Gasteiger partial charge in [-0.2, -0.15) is 5.26 Å². The summed E-state index contributed by atoms with van der Waals surface area (Å²) in [5.41, 5.74) is 0.947. The molecule has 1 N–H and O–H groups in total. The van der Waals surface area contributed by atoms with Gasteiger partial charge in [0.05, 0.1) is 13.3 Å². The van der Waals surface area contributed by atoms with Crippen LogP contribution in [0.2, 0.25) is 5.02 Å². The lowest BCUT2D eigenvalue weighted by atomic mass is 10.2. The molecule has 1 aromatic carbocycles. The number of halogens is 1. The van der Waals surface area contributed by atoms with E-state index in [1.807, 2.05) is 19.1 Å². The predicted octanol–water partition coefficient (Wildman–Crippen LogP) is 3.43. The Balaban J connectivity index is 2.14. The van der Waals surface area contributed by atoms with E-state index in [9.17, 15) is 0 Å². The molecule has 1 heterocycles. The smallest absolute Gasteiger partial charge is 0.184 e. The Morgan fingerprint density at radius 3 is 2.87 bits per heavy atom. The second-order valence-corrected chi connectivity index (χ2v) is 5.11. The van der Waals surface area contributed by atoms with Gasteiger partial charge in [0.1, 0.15) is 23.2 Å². The number of nitrogens with one attached hydrogen (secondary N) is 1. The molecule has 1 aromatic heterocycles. The molecule has 0 spiro atoms. The van der Waals surface area contributed by atoms with Crippen molar-refractivity contribution in [3.05, 3.63) is 41.3 Å². The summed E-state index contributed by atoms with van der Waals surface area (Å²) < 4.78 is 11.0. The number of aromatic nitrogens is 2. The Morgan fingerprint density at radius 1 is 1.39 bits per heavy atom. The standard InChI is InChI=1S/C16H17ClN4O2/c1-3-12(7-18)23-15-6-11(4-5-14(15)22-2)8-20-16-13(17)9-19-10-21-16/h4-6,9-10,12H,3,8H2,1-2H3,(H,19,20,21). The zero-order chi connectivity index (χ0) is 16.7. The number of hydrogen-bond donors (Lipinski definition) is 1. The molecule has 0 aliphatic rings. The average Bonchev–Trinajstić information content (AvgIpc) is 2.59. The number of anilines is 1. The van der Waals surface area contributed by atoms with E-state index in [0.29, 0.717) is 35.3 Å². The van der Waals surface area contributed by atoms with Crippen LogP contribution in [0.3, 0.4) is 0 Å².